The van der Waals surface area contributed by atoms with E-state index < -0.39 is 0 Å². The van der Waals surface area contributed by atoms with Crippen molar-refractivity contribution in [3.05, 3.63) is 42.1 Å². The van der Waals surface area contributed by atoms with Crippen molar-refractivity contribution in [2.24, 2.45) is 0 Å². The van der Waals surface area contributed by atoms with E-state index in [1.165, 1.54) is 0 Å². The van der Waals surface area contributed by atoms with Crippen LogP contribution in [-0.2, 0) is 0 Å². The van der Waals surface area contributed by atoms with Crippen LogP contribution in [0.15, 0.2) is 36.5 Å². The minimum absolute atomic E-state index is 0.541. The van der Waals surface area contributed by atoms with Gasteiger partial charge in [0, 0.05) is 11.8 Å². The molecule has 0 saturated carbocycles. The predicted octanol–water partition coefficient (Wildman–Crippen LogP) is 1.86. The highest BCUT2D eigenvalue weighted by molar-refractivity contribution is 5.43. The smallest absolute Gasteiger partial charge is 0.149 e. The number of nitrogens with one attached hydrogen (secondary N) is 1. The Morgan fingerprint density at radius 3 is 3.00 bits per heavy atom. The summed E-state index contributed by atoms with van der Waals surface area (Å²) in [5, 5.41) is 11.0. The zero-order valence-electron chi connectivity index (χ0n) is 10.3. The standard InChI is InChI=1S/C13H16N4O/c1-10-7-13(17-16-9-10)15-5-6-18-12-4-2-3-11(14)8-12/h2-4,7-9H,5-6,14H2,1H3,(H,15,17). The minimum atomic E-state index is 0.541. The van der Waals surface area contributed by atoms with E-state index in [2.05, 4.69) is 15.5 Å². The van der Waals surface area contributed by atoms with Gasteiger partial charge in [-0.25, -0.2) is 0 Å². The van der Waals surface area contributed by atoms with Gasteiger partial charge in [-0.15, -0.1) is 5.10 Å². The quantitative estimate of drug-likeness (QED) is 0.620. The van der Waals surface area contributed by atoms with E-state index in [-0.39, 0.29) is 0 Å². The lowest BCUT2D eigenvalue weighted by Gasteiger charge is -2.08. The third kappa shape index (κ3) is 3.62. The first kappa shape index (κ1) is 12.2. The zero-order chi connectivity index (χ0) is 12.8. The lowest BCUT2D eigenvalue weighted by molar-refractivity contribution is 0.333. The predicted molar refractivity (Wildman–Crippen MR) is 71.6 cm³/mol. The fraction of sp³-hybridized carbons (Fsp3) is 0.231. The first-order chi connectivity index (χ1) is 8.74. The van der Waals surface area contributed by atoms with Crippen LogP contribution < -0.4 is 15.8 Å². The van der Waals surface area contributed by atoms with Gasteiger partial charge in [0.15, 0.2) is 0 Å². The molecule has 0 aliphatic rings. The molecule has 0 aliphatic carbocycles. The van der Waals surface area contributed by atoms with Crippen molar-refractivity contribution >= 4 is 11.5 Å². The van der Waals surface area contributed by atoms with E-state index in [0.717, 1.165) is 17.1 Å². The van der Waals surface area contributed by atoms with Crippen LogP contribution in [0, 0.1) is 6.92 Å². The van der Waals surface area contributed by atoms with Crippen molar-refractivity contribution in [2.45, 2.75) is 6.92 Å². The number of aromatic nitrogens is 2. The Balaban J connectivity index is 1.76. The van der Waals surface area contributed by atoms with Gasteiger partial charge in [0.2, 0.25) is 0 Å². The molecule has 1 aromatic heterocycles. The Kier molecular flexibility index (Phi) is 3.96. The molecule has 0 aliphatic heterocycles. The molecule has 94 valence electrons. The number of ether oxygens (including phenoxy) is 1. The van der Waals surface area contributed by atoms with Gasteiger partial charge in [-0.2, -0.15) is 5.10 Å². The normalized spacial score (nSPS) is 10.1. The lowest BCUT2D eigenvalue weighted by Crippen LogP contribution is -2.12. The molecule has 1 aromatic carbocycles. The largest absolute Gasteiger partial charge is 0.492 e. The zero-order valence-corrected chi connectivity index (χ0v) is 10.3. The molecule has 0 atom stereocenters. The van der Waals surface area contributed by atoms with Crippen molar-refractivity contribution in [1.29, 1.82) is 0 Å². The second-order valence-electron chi connectivity index (χ2n) is 3.97. The Bertz CT molecular complexity index is 468. The summed E-state index contributed by atoms with van der Waals surface area (Å²) in [6.07, 6.45) is 1.72. The molecule has 0 unspecified atom stereocenters. The van der Waals surface area contributed by atoms with Crippen LogP contribution in [0.3, 0.4) is 0 Å². The summed E-state index contributed by atoms with van der Waals surface area (Å²) >= 11 is 0. The number of hydrogen-bond donors (Lipinski definition) is 2. The summed E-state index contributed by atoms with van der Waals surface area (Å²) in [7, 11) is 0. The Hall–Kier alpha value is -2.30. The summed E-state index contributed by atoms with van der Waals surface area (Å²) in [4.78, 5) is 0. The molecule has 5 nitrogen and oxygen atoms in total. The molecule has 0 saturated heterocycles. The van der Waals surface area contributed by atoms with Crippen LogP contribution in [0.25, 0.3) is 0 Å². The Morgan fingerprint density at radius 2 is 2.22 bits per heavy atom. The van der Waals surface area contributed by atoms with Crippen molar-refractivity contribution in [2.75, 3.05) is 24.2 Å². The molecular weight excluding hydrogens is 228 g/mol. The molecule has 0 amide bonds. The van der Waals surface area contributed by atoms with Crippen LogP contribution in [0.1, 0.15) is 5.56 Å². The first-order valence-electron chi connectivity index (χ1n) is 5.75. The molecule has 3 N–H and O–H groups in total. The van der Waals surface area contributed by atoms with Crippen LogP contribution in [0.2, 0.25) is 0 Å². The highest BCUT2D eigenvalue weighted by Gasteiger charge is 1.96. The van der Waals surface area contributed by atoms with Gasteiger partial charge in [0.25, 0.3) is 0 Å². The van der Waals surface area contributed by atoms with Crippen LogP contribution in [0.5, 0.6) is 5.75 Å². The van der Waals surface area contributed by atoms with Gasteiger partial charge in [0.05, 0.1) is 12.7 Å². The summed E-state index contributed by atoms with van der Waals surface area (Å²) < 4.78 is 5.55. The van der Waals surface area contributed by atoms with Gasteiger partial charge < -0.3 is 15.8 Å². The molecule has 0 radical (unpaired) electrons. The van der Waals surface area contributed by atoms with Crippen LogP contribution in [0.4, 0.5) is 11.5 Å². The molecule has 2 rings (SSSR count). The summed E-state index contributed by atoms with van der Waals surface area (Å²) in [5.74, 6) is 1.53. The maximum Gasteiger partial charge on any atom is 0.149 e. The third-order valence-electron chi connectivity index (χ3n) is 2.33. The molecular formula is C13H16N4O. The number of aryl methyl sites for hydroxylation is 1. The summed E-state index contributed by atoms with van der Waals surface area (Å²) in [6, 6.07) is 9.31. The average Bonchev–Trinajstić information content (AvgIpc) is 2.35. The number of nitrogens with two attached hydrogens (primary N) is 1. The maximum absolute atomic E-state index is 5.66. The van der Waals surface area contributed by atoms with E-state index in [1.54, 1.807) is 12.3 Å². The number of hydrogen-bond acceptors (Lipinski definition) is 5. The molecule has 1 heterocycles. The third-order valence-corrected chi connectivity index (χ3v) is 2.33. The summed E-state index contributed by atoms with van der Waals surface area (Å²) in [6.45, 7) is 3.18. The number of benzene rings is 1. The fourth-order valence-electron chi connectivity index (χ4n) is 1.50. The van der Waals surface area contributed by atoms with Crippen molar-refractivity contribution in [3.63, 3.8) is 0 Å². The van der Waals surface area contributed by atoms with E-state index in [4.69, 9.17) is 10.5 Å². The van der Waals surface area contributed by atoms with Crippen molar-refractivity contribution in [3.8, 4) is 5.75 Å². The van der Waals surface area contributed by atoms with E-state index in [0.29, 0.717) is 18.8 Å². The monoisotopic (exact) mass is 244 g/mol. The second-order valence-corrected chi connectivity index (χ2v) is 3.97. The molecule has 0 bridgehead atoms. The van der Waals surface area contributed by atoms with Gasteiger partial charge in [-0.05, 0) is 30.7 Å². The highest BCUT2D eigenvalue weighted by atomic mass is 16.5. The van der Waals surface area contributed by atoms with Gasteiger partial charge in [0.1, 0.15) is 18.2 Å². The average molecular weight is 244 g/mol. The topological polar surface area (TPSA) is 73.1 Å². The number of nitrogen functional groups attached to an aromatic ring is 1. The first-order valence-corrected chi connectivity index (χ1v) is 5.75. The summed E-state index contributed by atoms with van der Waals surface area (Å²) in [5.41, 5.74) is 7.43. The van der Waals surface area contributed by atoms with Gasteiger partial charge in [-0.1, -0.05) is 6.07 Å². The van der Waals surface area contributed by atoms with Crippen molar-refractivity contribution in [1.82, 2.24) is 10.2 Å². The number of rotatable bonds is 5. The number of anilines is 2. The lowest BCUT2D eigenvalue weighted by atomic mass is 10.3. The molecule has 0 fully saturated rings. The van der Waals surface area contributed by atoms with Gasteiger partial charge >= 0.3 is 0 Å². The van der Waals surface area contributed by atoms with Gasteiger partial charge in [-0.3, -0.25) is 0 Å². The van der Waals surface area contributed by atoms with E-state index >= 15 is 0 Å². The van der Waals surface area contributed by atoms with Crippen molar-refractivity contribution < 1.29 is 4.74 Å². The molecule has 5 heteroatoms. The second kappa shape index (κ2) is 5.86. The maximum atomic E-state index is 5.66. The molecule has 2 aromatic rings. The molecule has 18 heavy (non-hydrogen) atoms. The van der Waals surface area contributed by atoms with E-state index in [9.17, 15) is 0 Å². The molecule has 0 spiro atoms. The fourth-order valence-corrected chi connectivity index (χ4v) is 1.50. The Morgan fingerprint density at radius 1 is 1.33 bits per heavy atom. The highest BCUT2D eigenvalue weighted by Crippen LogP contribution is 2.14. The number of nitrogens with zero attached hydrogens (tertiary/aromatic N) is 2. The SMILES string of the molecule is Cc1cnnc(NCCOc2cccc(N)c2)c1. The van der Waals surface area contributed by atoms with Crippen LogP contribution >= 0.6 is 0 Å². The Labute approximate surface area is 106 Å². The van der Waals surface area contributed by atoms with E-state index in [1.807, 2.05) is 31.2 Å². The minimum Gasteiger partial charge on any atom is -0.492 e. The van der Waals surface area contributed by atoms with Crippen LogP contribution in [-0.4, -0.2) is 23.3 Å².